The summed E-state index contributed by atoms with van der Waals surface area (Å²) in [5.41, 5.74) is 5.48. The molecule has 0 aromatic heterocycles. The zero-order chi connectivity index (χ0) is 17.3. The van der Waals surface area contributed by atoms with E-state index in [2.05, 4.69) is 10.2 Å². The minimum absolute atomic E-state index is 0. The van der Waals surface area contributed by atoms with Crippen molar-refractivity contribution in [2.75, 3.05) is 5.73 Å². The van der Waals surface area contributed by atoms with Crippen LogP contribution in [0.1, 0.15) is 0 Å². The third-order valence-corrected chi connectivity index (χ3v) is 4.41. The Kier molecular flexibility index (Phi) is 9.42. The Morgan fingerprint density at radius 2 is 1.24 bits per heavy atom. The quantitative estimate of drug-likeness (QED) is 0.233. The number of benzene rings is 2. The van der Waals surface area contributed by atoms with Crippen LogP contribution in [-0.2, 0) is 20.2 Å². The van der Waals surface area contributed by atoms with Crippen LogP contribution in [0.15, 0.2) is 62.5 Å². The fourth-order valence-electron chi connectivity index (χ4n) is 1.60. The minimum atomic E-state index is -4.74. The second-order valence-corrected chi connectivity index (χ2v) is 7.05. The van der Waals surface area contributed by atoms with Crippen LogP contribution in [0.25, 0.3) is 0 Å². The molecule has 2 aromatic rings. The molecule has 0 saturated carbocycles. The molecule has 13 heteroatoms. The molecule has 0 unspecified atom stereocenters. The van der Waals surface area contributed by atoms with E-state index in [4.69, 9.17) is 5.73 Å². The Morgan fingerprint density at radius 3 is 1.72 bits per heavy atom. The summed E-state index contributed by atoms with van der Waals surface area (Å²) in [6, 6.07) is 8.14. The van der Waals surface area contributed by atoms with Gasteiger partial charge in [0.05, 0.1) is 21.2 Å². The first-order valence-electron chi connectivity index (χ1n) is 5.90. The Labute approximate surface area is 188 Å². The van der Waals surface area contributed by atoms with Crippen molar-refractivity contribution in [3.63, 3.8) is 0 Å². The van der Waals surface area contributed by atoms with Gasteiger partial charge in [0.2, 0.25) is 0 Å². The van der Waals surface area contributed by atoms with Crippen LogP contribution in [0.3, 0.4) is 0 Å². The molecule has 0 fully saturated rings. The molecule has 0 heterocycles. The van der Waals surface area contributed by atoms with Crippen molar-refractivity contribution in [2.45, 2.75) is 9.79 Å². The molecule has 9 nitrogen and oxygen atoms in total. The summed E-state index contributed by atoms with van der Waals surface area (Å²) in [7, 11) is -9.29. The van der Waals surface area contributed by atoms with Crippen LogP contribution in [0, 0.1) is 0 Å². The summed E-state index contributed by atoms with van der Waals surface area (Å²) in [5, 5.41) is 7.47. The first-order chi connectivity index (χ1) is 10.6. The van der Waals surface area contributed by atoms with Gasteiger partial charge in [0, 0.05) is 5.69 Å². The normalized spacial score (nSPS) is 11.6. The van der Waals surface area contributed by atoms with Crippen molar-refractivity contribution in [1.82, 2.24) is 0 Å². The van der Waals surface area contributed by atoms with Gasteiger partial charge >= 0.3 is 59.1 Å². The third-order valence-electron chi connectivity index (χ3n) is 2.67. The van der Waals surface area contributed by atoms with Gasteiger partial charge in [-0.1, -0.05) is 0 Å². The summed E-state index contributed by atoms with van der Waals surface area (Å²) in [5.74, 6) is 0. The van der Waals surface area contributed by atoms with Gasteiger partial charge in [0.25, 0.3) is 0 Å². The van der Waals surface area contributed by atoms with E-state index in [0.717, 1.165) is 18.2 Å². The standard InChI is InChI=1S/C12H11N3O6S2.2Na/c13-11-6-3-9(7-12(11)23(19,20)21)15-14-8-1-4-10(5-2-8)22(16,17)18;;/h1-7H,13H2,(H,16,17,18)(H,19,20,21);;/q;2*+1/p-2/b15-14+;;. The van der Waals surface area contributed by atoms with Crippen molar-refractivity contribution in [3.05, 3.63) is 42.5 Å². The van der Waals surface area contributed by atoms with Crippen molar-refractivity contribution in [1.29, 1.82) is 0 Å². The van der Waals surface area contributed by atoms with Gasteiger partial charge in [-0.25, -0.2) is 16.8 Å². The fraction of sp³-hybridized carbons (Fsp3) is 0. The zero-order valence-electron chi connectivity index (χ0n) is 13.3. The van der Waals surface area contributed by atoms with Gasteiger partial charge < -0.3 is 14.8 Å². The van der Waals surface area contributed by atoms with Crippen molar-refractivity contribution in [3.8, 4) is 0 Å². The molecule has 122 valence electrons. The Balaban J connectivity index is 0.00000288. The number of hydrogen-bond donors (Lipinski definition) is 1. The van der Waals surface area contributed by atoms with E-state index >= 15 is 0 Å². The maximum atomic E-state index is 11.0. The molecule has 0 amide bonds. The van der Waals surface area contributed by atoms with Crippen molar-refractivity contribution >= 4 is 37.3 Å². The number of nitrogens with zero attached hydrogens (tertiary/aromatic N) is 2. The molecule has 0 radical (unpaired) electrons. The Morgan fingerprint density at radius 1 is 0.760 bits per heavy atom. The van der Waals surface area contributed by atoms with Crippen molar-refractivity contribution < 1.29 is 85.1 Å². The molecule has 25 heavy (non-hydrogen) atoms. The third kappa shape index (κ3) is 7.06. The second kappa shape index (κ2) is 9.55. The van der Waals surface area contributed by atoms with Gasteiger partial charge in [0.1, 0.15) is 20.2 Å². The molecule has 0 saturated heterocycles. The number of nitrogen functional groups attached to an aromatic ring is 1. The molecule has 2 N–H and O–H groups in total. The Bertz CT molecular complexity index is 976. The molecule has 2 rings (SSSR count). The molecular weight excluding hydrogens is 392 g/mol. The maximum absolute atomic E-state index is 11.0. The molecule has 0 aliphatic carbocycles. The topological polar surface area (TPSA) is 165 Å². The average molecular weight is 401 g/mol. The fourth-order valence-corrected chi connectivity index (χ4v) is 2.69. The summed E-state index contributed by atoms with van der Waals surface area (Å²) in [6.45, 7) is 0. The molecular formula is C12H9N3Na2O6S2. The summed E-state index contributed by atoms with van der Waals surface area (Å²) < 4.78 is 65.4. The monoisotopic (exact) mass is 401 g/mol. The van der Waals surface area contributed by atoms with E-state index in [-0.39, 0.29) is 76.2 Å². The summed E-state index contributed by atoms with van der Waals surface area (Å²) in [4.78, 5) is -1.02. The zero-order valence-corrected chi connectivity index (χ0v) is 18.9. The Hall–Kier alpha value is -0.340. The van der Waals surface area contributed by atoms with Gasteiger partial charge in [-0.05, 0) is 42.5 Å². The molecule has 0 atom stereocenters. The molecule has 0 aliphatic rings. The summed E-state index contributed by atoms with van der Waals surface area (Å²) >= 11 is 0. The van der Waals surface area contributed by atoms with E-state index in [9.17, 15) is 25.9 Å². The number of nitrogens with two attached hydrogens (primary N) is 1. The minimum Gasteiger partial charge on any atom is -0.744 e. The SMILES string of the molecule is Nc1ccc(/N=N/c2ccc(S(=O)(=O)[O-])cc2)cc1S(=O)(=O)[O-].[Na+].[Na+]. The predicted molar refractivity (Wildman–Crippen MR) is 77.4 cm³/mol. The predicted octanol–water partition coefficient (Wildman–Crippen LogP) is -4.50. The van der Waals surface area contributed by atoms with Crippen LogP contribution in [0.2, 0.25) is 0 Å². The largest absolute Gasteiger partial charge is 1.00 e. The van der Waals surface area contributed by atoms with Gasteiger partial charge in [-0.3, -0.25) is 0 Å². The number of azo groups is 1. The van der Waals surface area contributed by atoms with Gasteiger partial charge in [-0.2, -0.15) is 10.2 Å². The van der Waals surface area contributed by atoms with E-state index in [1.165, 1.54) is 24.3 Å². The molecule has 0 bridgehead atoms. The van der Waals surface area contributed by atoms with Gasteiger partial charge in [0.15, 0.2) is 0 Å². The van der Waals surface area contributed by atoms with Crippen LogP contribution >= 0.6 is 0 Å². The number of anilines is 1. The smallest absolute Gasteiger partial charge is 0.744 e. The molecule has 2 aromatic carbocycles. The van der Waals surface area contributed by atoms with Crippen LogP contribution in [0.4, 0.5) is 17.1 Å². The average Bonchev–Trinajstić information content (AvgIpc) is 2.44. The molecule has 0 spiro atoms. The number of rotatable bonds is 4. The van der Waals surface area contributed by atoms with Crippen molar-refractivity contribution in [2.24, 2.45) is 10.2 Å². The summed E-state index contributed by atoms with van der Waals surface area (Å²) in [6.07, 6.45) is 0. The van der Waals surface area contributed by atoms with Crippen LogP contribution in [0.5, 0.6) is 0 Å². The van der Waals surface area contributed by atoms with Crippen LogP contribution < -0.4 is 64.8 Å². The van der Waals surface area contributed by atoms with E-state index < -0.39 is 30.0 Å². The first kappa shape index (κ1) is 24.7. The van der Waals surface area contributed by atoms with E-state index in [0.29, 0.717) is 0 Å². The van der Waals surface area contributed by atoms with E-state index in [1.54, 1.807) is 0 Å². The second-order valence-electron chi connectivity index (χ2n) is 4.32. The van der Waals surface area contributed by atoms with Gasteiger partial charge in [-0.15, -0.1) is 0 Å². The maximum Gasteiger partial charge on any atom is 1.00 e. The van der Waals surface area contributed by atoms with E-state index in [1.807, 2.05) is 0 Å². The first-order valence-corrected chi connectivity index (χ1v) is 8.72. The molecule has 0 aliphatic heterocycles. The van der Waals surface area contributed by atoms with Crippen LogP contribution in [-0.4, -0.2) is 25.9 Å². The number of hydrogen-bond acceptors (Lipinski definition) is 9.